The van der Waals surface area contributed by atoms with E-state index < -0.39 is 0 Å². The van der Waals surface area contributed by atoms with Crippen molar-refractivity contribution in [3.8, 4) is 0 Å². The number of rotatable bonds is 8. The van der Waals surface area contributed by atoms with E-state index in [9.17, 15) is 0 Å². The summed E-state index contributed by atoms with van der Waals surface area (Å²) in [5.74, 6) is 2.03. The molecule has 0 spiro atoms. The number of nitrogens with one attached hydrogen (secondary N) is 3. The van der Waals surface area contributed by atoms with Crippen LogP contribution in [0.5, 0.6) is 0 Å². The van der Waals surface area contributed by atoms with Gasteiger partial charge in [0.1, 0.15) is 11.9 Å². The predicted molar refractivity (Wildman–Crippen MR) is 174 cm³/mol. The molecule has 5 N–H and O–H groups in total. The first-order valence-electron chi connectivity index (χ1n) is 14.6. The average molecular weight is 567 g/mol. The Labute approximate surface area is 253 Å². The minimum atomic E-state index is 0.743. The van der Waals surface area contributed by atoms with Crippen LogP contribution in [-0.4, -0.2) is 45.9 Å². The van der Waals surface area contributed by atoms with Crippen molar-refractivity contribution in [2.75, 3.05) is 24.6 Å². The molecule has 4 aromatic rings. The monoisotopic (exact) mass is 566 g/mol. The van der Waals surface area contributed by atoms with Crippen LogP contribution in [-0.2, 0) is 13.1 Å². The number of hydrogen-bond acceptors (Lipinski definition) is 6. The van der Waals surface area contributed by atoms with Crippen LogP contribution in [0.3, 0.4) is 0 Å². The Bertz CT molecular complexity index is 1780. The van der Waals surface area contributed by atoms with E-state index in [-0.39, 0.29) is 0 Å². The van der Waals surface area contributed by atoms with Crippen molar-refractivity contribution >= 4 is 30.5 Å². The molecule has 9 heteroatoms. The van der Waals surface area contributed by atoms with Crippen molar-refractivity contribution < 1.29 is 4.49 Å². The highest BCUT2D eigenvalue weighted by molar-refractivity contribution is 6.30. The van der Waals surface area contributed by atoms with Crippen LogP contribution in [0.15, 0.2) is 121 Å². The van der Waals surface area contributed by atoms with Gasteiger partial charge in [-0.05, 0) is 66.6 Å². The minimum absolute atomic E-state index is 0.743. The summed E-state index contributed by atoms with van der Waals surface area (Å²) in [5, 5.41) is 5.72. The number of hydrogen-bond donors (Lipinski definition) is 4. The van der Waals surface area contributed by atoms with Crippen LogP contribution < -0.4 is 22.0 Å². The Balaban J connectivity index is 1.20. The Hall–Kier alpha value is -4.99. The fourth-order valence-corrected chi connectivity index (χ4v) is 5.86. The molecule has 0 unspecified atom stereocenters. The van der Waals surface area contributed by atoms with Gasteiger partial charge in [-0.15, -0.1) is 5.01 Å². The fraction of sp³-hybridized carbons (Fsp3) is 0.147. The second-order valence-electron chi connectivity index (χ2n) is 11.2. The Morgan fingerprint density at radius 1 is 0.907 bits per heavy atom. The number of likely N-dealkylation sites (N-methyl/N-ethyl adjacent to an activating group) is 1. The Morgan fingerprint density at radius 3 is 2.51 bits per heavy atom. The van der Waals surface area contributed by atoms with Gasteiger partial charge in [0.25, 0.3) is 5.84 Å². The van der Waals surface area contributed by atoms with Crippen LogP contribution in [0.25, 0.3) is 5.57 Å². The zero-order chi connectivity index (χ0) is 29.3. The number of nitrogens with zero attached hydrogens (tertiary/aromatic N) is 4. The van der Waals surface area contributed by atoms with Crippen molar-refractivity contribution in [3.63, 3.8) is 0 Å². The average Bonchev–Trinajstić information content (AvgIpc) is 3.75. The number of amidine groups is 1. The largest absolute Gasteiger partial charge is 0.553 e. The SMILES string of the molecule is Cc1ccccc1CNc1ccc2n1[B][N+]1=C(N3C=C(CN(C)Cc4ccccc4)NN3)C=CC1=C2c1ccc(N)cc1. The molecule has 0 aliphatic carbocycles. The molecule has 0 atom stereocenters. The standard InChI is InChI=1S/C34H35BN8/c1-24-8-6-7-11-27(24)20-37-32-18-16-30-34(26-12-14-28(36)15-13-26)31-17-19-33(43(31)35-42(30)32)41-23-29(38-39-41)22-40(2)21-25-9-4-3-5-10-25/h3-19,23,37-39H,20-22,36H2,1-2H3/q+1. The van der Waals surface area contributed by atoms with Crippen molar-refractivity contribution in [3.05, 3.63) is 149 Å². The van der Waals surface area contributed by atoms with Crippen LogP contribution in [0.2, 0.25) is 0 Å². The quantitative estimate of drug-likeness (QED) is 0.187. The number of benzene rings is 3. The zero-order valence-corrected chi connectivity index (χ0v) is 24.5. The van der Waals surface area contributed by atoms with Gasteiger partial charge >= 0.3 is 7.55 Å². The Kier molecular flexibility index (Phi) is 7.10. The van der Waals surface area contributed by atoms with Crippen molar-refractivity contribution in [1.82, 2.24) is 25.3 Å². The normalized spacial score (nSPS) is 15.4. The topological polar surface area (TPSA) is 76.5 Å². The predicted octanol–water partition coefficient (Wildman–Crippen LogP) is 4.43. The first-order valence-corrected chi connectivity index (χ1v) is 14.6. The fourth-order valence-electron chi connectivity index (χ4n) is 5.86. The molecule has 0 saturated heterocycles. The van der Waals surface area contributed by atoms with Gasteiger partial charge in [0.15, 0.2) is 0 Å². The summed E-state index contributed by atoms with van der Waals surface area (Å²) < 4.78 is 4.47. The first-order chi connectivity index (χ1) is 21.0. The van der Waals surface area contributed by atoms with E-state index in [0.717, 1.165) is 65.2 Å². The smallest absolute Gasteiger partial charge is 0.399 e. The van der Waals surface area contributed by atoms with Crippen molar-refractivity contribution in [2.45, 2.75) is 20.0 Å². The lowest BCUT2D eigenvalue weighted by molar-refractivity contribution is -0.320. The van der Waals surface area contributed by atoms with E-state index >= 15 is 0 Å². The van der Waals surface area contributed by atoms with E-state index in [1.54, 1.807) is 0 Å². The lowest BCUT2D eigenvalue weighted by Gasteiger charge is -2.23. The third-order valence-corrected chi connectivity index (χ3v) is 8.08. The molecule has 3 aromatic carbocycles. The van der Waals surface area contributed by atoms with E-state index in [4.69, 9.17) is 5.73 Å². The lowest BCUT2D eigenvalue weighted by Crippen LogP contribution is -2.45. The first kappa shape index (κ1) is 26.9. The third kappa shape index (κ3) is 5.36. The van der Waals surface area contributed by atoms with Gasteiger partial charge < -0.3 is 15.5 Å². The van der Waals surface area contributed by atoms with E-state index in [1.807, 2.05) is 17.1 Å². The highest BCUT2D eigenvalue weighted by Crippen LogP contribution is 2.36. The molecular weight excluding hydrogens is 531 g/mol. The molecule has 7 rings (SSSR count). The van der Waals surface area contributed by atoms with Gasteiger partial charge in [0.2, 0.25) is 0 Å². The molecular formula is C34H35BN8+. The van der Waals surface area contributed by atoms with Crippen LogP contribution in [0, 0.1) is 6.92 Å². The van der Waals surface area contributed by atoms with Crippen LogP contribution in [0.4, 0.5) is 11.5 Å². The molecule has 4 heterocycles. The second-order valence-corrected chi connectivity index (χ2v) is 11.2. The van der Waals surface area contributed by atoms with E-state index in [2.05, 4.69) is 149 Å². The lowest BCUT2D eigenvalue weighted by atomic mass is 9.92. The summed E-state index contributed by atoms with van der Waals surface area (Å²) >= 11 is 0. The maximum absolute atomic E-state index is 6.07. The number of aryl methyl sites for hydroxylation is 1. The number of nitrogens with two attached hydrogens (primary N) is 1. The minimum Gasteiger partial charge on any atom is -0.399 e. The number of hydrazine groups is 2. The Morgan fingerprint density at radius 2 is 1.70 bits per heavy atom. The van der Waals surface area contributed by atoms with Crippen LogP contribution >= 0.6 is 0 Å². The summed E-state index contributed by atoms with van der Waals surface area (Å²) in [7, 11) is 4.30. The third-order valence-electron chi connectivity index (χ3n) is 8.08. The van der Waals surface area contributed by atoms with Crippen molar-refractivity contribution in [2.24, 2.45) is 0 Å². The number of fused-ring (bicyclic) bond motifs is 2. The molecule has 0 amide bonds. The number of anilines is 2. The molecule has 213 valence electrons. The maximum Gasteiger partial charge on any atom is 0.553 e. The molecule has 3 aliphatic rings. The summed E-state index contributed by atoms with van der Waals surface area (Å²) in [5.41, 5.74) is 23.0. The zero-order valence-electron chi connectivity index (χ0n) is 24.5. The molecule has 0 fully saturated rings. The molecule has 43 heavy (non-hydrogen) atoms. The molecule has 1 radical (unpaired) electrons. The van der Waals surface area contributed by atoms with E-state index in [1.165, 1.54) is 16.7 Å². The van der Waals surface area contributed by atoms with Crippen LogP contribution in [0.1, 0.15) is 27.9 Å². The van der Waals surface area contributed by atoms with Gasteiger partial charge in [-0.25, -0.2) is 0 Å². The number of allylic oxidation sites excluding steroid dienone is 1. The van der Waals surface area contributed by atoms with Gasteiger partial charge in [0.05, 0.1) is 11.5 Å². The number of aromatic nitrogens is 1. The van der Waals surface area contributed by atoms with Crippen molar-refractivity contribution in [1.29, 1.82) is 0 Å². The molecule has 3 aliphatic heterocycles. The highest BCUT2D eigenvalue weighted by atomic mass is 15.7. The molecule has 1 aromatic heterocycles. The van der Waals surface area contributed by atoms with E-state index in [0.29, 0.717) is 0 Å². The second kappa shape index (κ2) is 11.4. The molecule has 8 nitrogen and oxygen atoms in total. The molecule has 0 saturated carbocycles. The van der Waals surface area contributed by atoms with Gasteiger partial charge in [0, 0.05) is 42.7 Å². The summed E-state index contributed by atoms with van der Waals surface area (Å²) in [4.78, 5) is 2.30. The summed E-state index contributed by atoms with van der Waals surface area (Å²) in [6.07, 6.45) is 6.46. The highest BCUT2D eigenvalue weighted by Gasteiger charge is 2.38. The summed E-state index contributed by atoms with van der Waals surface area (Å²) in [6, 6.07) is 31.5. The van der Waals surface area contributed by atoms with Gasteiger partial charge in [-0.3, -0.25) is 14.8 Å². The number of nitrogen functional groups attached to an aromatic ring is 1. The molecule has 0 bridgehead atoms. The van der Waals surface area contributed by atoms with Gasteiger partial charge in [-0.2, -0.15) is 0 Å². The maximum atomic E-state index is 6.07. The van der Waals surface area contributed by atoms with Gasteiger partial charge in [-0.1, -0.05) is 72.3 Å². The summed E-state index contributed by atoms with van der Waals surface area (Å²) in [6.45, 7) is 4.56.